The fourth-order valence-corrected chi connectivity index (χ4v) is 2.79. The number of carbonyl (C=O) groups is 1. The van der Waals surface area contributed by atoms with Crippen molar-refractivity contribution in [2.45, 2.75) is 12.5 Å². The van der Waals surface area contributed by atoms with E-state index in [1.165, 1.54) is 0 Å². The van der Waals surface area contributed by atoms with Crippen LogP contribution in [0, 0.1) is 0 Å². The average Bonchev–Trinajstić information content (AvgIpc) is 2.33. The van der Waals surface area contributed by atoms with Crippen LogP contribution in [0.2, 0.25) is 5.02 Å². The predicted molar refractivity (Wildman–Crippen MR) is 73.8 cm³/mol. The quantitative estimate of drug-likeness (QED) is 0.886. The lowest BCUT2D eigenvalue weighted by Gasteiger charge is -2.22. The predicted octanol–water partition coefficient (Wildman–Crippen LogP) is 2.37. The van der Waals surface area contributed by atoms with Crippen LogP contribution in [0.1, 0.15) is 6.42 Å². The molecule has 1 saturated heterocycles. The van der Waals surface area contributed by atoms with E-state index < -0.39 is 0 Å². The maximum atomic E-state index is 11.8. The summed E-state index contributed by atoms with van der Waals surface area (Å²) < 4.78 is 0. The van der Waals surface area contributed by atoms with E-state index in [0.29, 0.717) is 17.5 Å². The van der Waals surface area contributed by atoms with Crippen molar-refractivity contribution in [2.75, 3.05) is 23.4 Å². The molecule has 2 N–H and O–H groups in total. The lowest BCUT2D eigenvalue weighted by molar-refractivity contribution is -0.116. The third-order valence-electron chi connectivity index (χ3n) is 2.56. The van der Waals surface area contributed by atoms with Gasteiger partial charge in [-0.3, -0.25) is 4.79 Å². The minimum atomic E-state index is 0.0484. The number of hydrogen-bond acceptors (Lipinski definition) is 3. The van der Waals surface area contributed by atoms with Crippen LogP contribution in [0.25, 0.3) is 0 Å². The Balaban J connectivity index is 1.82. The van der Waals surface area contributed by atoms with Gasteiger partial charge in [-0.15, -0.1) is 0 Å². The highest BCUT2D eigenvalue weighted by Gasteiger charge is 2.16. The molecule has 1 fully saturated rings. The number of anilines is 1. The Kier molecular flexibility index (Phi) is 4.71. The smallest absolute Gasteiger partial charge is 0.225 e. The number of rotatable bonds is 3. The first-order chi connectivity index (χ1) is 8.24. The second-order valence-corrected chi connectivity index (χ2v) is 5.57. The van der Waals surface area contributed by atoms with Gasteiger partial charge < -0.3 is 10.6 Å². The Bertz CT molecular complexity index is 377. The summed E-state index contributed by atoms with van der Waals surface area (Å²) in [7, 11) is 0. The van der Waals surface area contributed by atoms with Crippen molar-refractivity contribution in [1.29, 1.82) is 0 Å². The lowest BCUT2D eigenvalue weighted by Crippen LogP contribution is -2.39. The number of carbonyl (C=O) groups excluding carboxylic acids is 1. The van der Waals surface area contributed by atoms with Gasteiger partial charge in [0, 0.05) is 41.2 Å². The third-order valence-corrected chi connectivity index (χ3v) is 3.94. The van der Waals surface area contributed by atoms with Gasteiger partial charge in [0.15, 0.2) is 0 Å². The van der Waals surface area contributed by atoms with Crippen molar-refractivity contribution >= 4 is 35.0 Å². The van der Waals surface area contributed by atoms with Crippen LogP contribution in [0.5, 0.6) is 0 Å². The SMILES string of the molecule is O=C(CC1CSCCN1)Nc1ccc(Cl)cc1. The lowest BCUT2D eigenvalue weighted by atomic mass is 10.2. The van der Waals surface area contributed by atoms with Crippen molar-refractivity contribution in [3.63, 3.8) is 0 Å². The molecule has 1 aromatic rings. The van der Waals surface area contributed by atoms with Crippen molar-refractivity contribution in [3.8, 4) is 0 Å². The Morgan fingerprint density at radius 2 is 2.24 bits per heavy atom. The zero-order chi connectivity index (χ0) is 12.1. The van der Waals surface area contributed by atoms with Crippen LogP contribution in [-0.4, -0.2) is 30.0 Å². The molecule has 1 aliphatic rings. The fraction of sp³-hybridized carbons (Fsp3) is 0.417. The molecule has 1 unspecified atom stereocenters. The number of amides is 1. The molecule has 5 heteroatoms. The second kappa shape index (κ2) is 6.28. The fourth-order valence-electron chi connectivity index (χ4n) is 1.72. The van der Waals surface area contributed by atoms with Crippen LogP contribution in [-0.2, 0) is 4.79 Å². The van der Waals surface area contributed by atoms with E-state index in [4.69, 9.17) is 11.6 Å². The monoisotopic (exact) mass is 270 g/mol. The van der Waals surface area contributed by atoms with E-state index in [-0.39, 0.29) is 5.91 Å². The maximum absolute atomic E-state index is 11.8. The summed E-state index contributed by atoms with van der Waals surface area (Å²) in [6, 6.07) is 7.45. The number of hydrogen-bond donors (Lipinski definition) is 2. The summed E-state index contributed by atoms with van der Waals surface area (Å²) in [4.78, 5) is 11.8. The minimum absolute atomic E-state index is 0.0484. The molecule has 0 bridgehead atoms. The number of halogens is 1. The Hall–Kier alpha value is -0.710. The van der Waals surface area contributed by atoms with Gasteiger partial charge >= 0.3 is 0 Å². The van der Waals surface area contributed by atoms with Crippen molar-refractivity contribution in [2.24, 2.45) is 0 Å². The van der Waals surface area contributed by atoms with Gasteiger partial charge in [-0.1, -0.05) is 11.6 Å². The molecule has 17 heavy (non-hydrogen) atoms. The summed E-state index contributed by atoms with van der Waals surface area (Å²) in [6.45, 7) is 0.990. The Morgan fingerprint density at radius 1 is 1.47 bits per heavy atom. The molecule has 2 rings (SSSR count). The maximum Gasteiger partial charge on any atom is 0.225 e. The van der Waals surface area contributed by atoms with Crippen LogP contribution < -0.4 is 10.6 Å². The highest BCUT2D eigenvalue weighted by atomic mass is 35.5. The van der Waals surface area contributed by atoms with Crippen molar-refractivity contribution < 1.29 is 4.79 Å². The molecule has 1 atom stereocenters. The second-order valence-electron chi connectivity index (χ2n) is 3.99. The van der Waals surface area contributed by atoms with E-state index in [0.717, 1.165) is 23.7 Å². The zero-order valence-corrected chi connectivity index (χ0v) is 11.0. The molecule has 0 spiro atoms. The molecule has 1 aliphatic heterocycles. The molecular weight excluding hydrogens is 256 g/mol. The molecule has 92 valence electrons. The van der Waals surface area contributed by atoms with Crippen LogP contribution >= 0.6 is 23.4 Å². The summed E-state index contributed by atoms with van der Waals surface area (Å²) >= 11 is 7.67. The first-order valence-corrected chi connectivity index (χ1v) is 7.14. The number of thioether (sulfide) groups is 1. The van der Waals surface area contributed by atoms with Gasteiger partial charge in [-0.2, -0.15) is 11.8 Å². The van der Waals surface area contributed by atoms with E-state index in [9.17, 15) is 4.79 Å². The van der Waals surface area contributed by atoms with Crippen molar-refractivity contribution in [1.82, 2.24) is 5.32 Å². The van der Waals surface area contributed by atoms with Crippen LogP contribution in [0.3, 0.4) is 0 Å². The summed E-state index contributed by atoms with van der Waals surface area (Å²) in [6.07, 6.45) is 0.523. The largest absolute Gasteiger partial charge is 0.326 e. The first-order valence-electron chi connectivity index (χ1n) is 5.60. The van der Waals surface area contributed by atoms with Gasteiger partial charge in [-0.25, -0.2) is 0 Å². The highest BCUT2D eigenvalue weighted by molar-refractivity contribution is 7.99. The summed E-state index contributed by atoms with van der Waals surface area (Å²) in [5.41, 5.74) is 0.794. The van der Waals surface area contributed by atoms with Gasteiger partial charge in [0.25, 0.3) is 0 Å². The van der Waals surface area contributed by atoms with Gasteiger partial charge in [0.05, 0.1) is 0 Å². The highest BCUT2D eigenvalue weighted by Crippen LogP contribution is 2.15. The normalized spacial score (nSPS) is 19.9. The standard InChI is InChI=1S/C12H15ClN2OS/c13-9-1-3-10(4-2-9)15-12(16)7-11-8-17-6-5-14-11/h1-4,11,14H,5-8H2,(H,15,16). The minimum Gasteiger partial charge on any atom is -0.326 e. The number of benzene rings is 1. The van der Waals surface area contributed by atoms with Gasteiger partial charge in [-0.05, 0) is 24.3 Å². The molecule has 0 aromatic heterocycles. The molecular formula is C12H15ClN2OS. The molecule has 0 saturated carbocycles. The topological polar surface area (TPSA) is 41.1 Å². The third kappa shape index (κ3) is 4.22. The van der Waals surface area contributed by atoms with Gasteiger partial charge in [0.1, 0.15) is 0 Å². The van der Waals surface area contributed by atoms with Crippen molar-refractivity contribution in [3.05, 3.63) is 29.3 Å². The van der Waals surface area contributed by atoms with Crippen LogP contribution in [0.4, 0.5) is 5.69 Å². The average molecular weight is 271 g/mol. The first kappa shape index (κ1) is 12.7. The van der Waals surface area contributed by atoms with E-state index in [1.54, 1.807) is 12.1 Å². The summed E-state index contributed by atoms with van der Waals surface area (Å²) in [5, 5.41) is 6.89. The van der Waals surface area contributed by atoms with E-state index >= 15 is 0 Å². The number of nitrogens with one attached hydrogen (secondary N) is 2. The molecule has 1 aromatic carbocycles. The molecule has 0 aliphatic carbocycles. The Labute approximate surface area is 110 Å². The van der Waals surface area contributed by atoms with Crippen LogP contribution in [0.15, 0.2) is 24.3 Å². The van der Waals surface area contributed by atoms with Gasteiger partial charge in [0.2, 0.25) is 5.91 Å². The Morgan fingerprint density at radius 3 is 2.88 bits per heavy atom. The molecule has 1 amide bonds. The summed E-state index contributed by atoms with van der Waals surface area (Å²) in [5.74, 6) is 2.19. The molecule has 3 nitrogen and oxygen atoms in total. The van der Waals surface area contributed by atoms with E-state index in [1.807, 2.05) is 23.9 Å². The molecule has 0 radical (unpaired) electrons. The zero-order valence-electron chi connectivity index (χ0n) is 9.41. The molecule has 1 heterocycles. The van der Waals surface area contributed by atoms with E-state index in [2.05, 4.69) is 10.6 Å².